The molecular weight excluding hydrogens is 178 g/mol. The maximum absolute atomic E-state index is 11.8. The summed E-state index contributed by atoms with van der Waals surface area (Å²) in [6, 6.07) is 0.562. The molecule has 4 heteroatoms. The molecule has 0 bridgehead atoms. The lowest BCUT2D eigenvalue weighted by molar-refractivity contribution is -0.131. The molecule has 1 amide bonds. The molecule has 0 saturated carbocycles. The number of carbonyl (C=O) groups excluding carboxylic acids is 1. The van der Waals surface area contributed by atoms with Crippen molar-refractivity contribution in [2.45, 2.75) is 31.3 Å². The van der Waals surface area contributed by atoms with Crippen molar-refractivity contribution < 1.29 is 4.79 Å². The van der Waals surface area contributed by atoms with Crippen LogP contribution >= 0.6 is 0 Å². The van der Waals surface area contributed by atoms with Gasteiger partial charge in [-0.15, -0.1) is 0 Å². The van der Waals surface area contributed by atoms with Crippen LogP contribution in [-0.2, 0) is 4.79 Å². The second-order valence-electron chi connectivity index (χ2n) is 4.33. The lowest BCUT2D eigenvalue weighted by atomic mass is 10.1. The molecule has 14 heavy (non-hydrogen) atoms. The SMILES string of the molecule is CN1CC[C@H](N2CCC[C@@H]2CN)C1=O. The average Bonchev–Trinajstić information content (AvgIpc) is 2.75. The van der Waals surface area contributed by atoms with Crippen LogP contribution in [0.4, 0.5) is 0 Å². The summed E-state index contributed by atoms with van der Waals surface area (Å²) in [5.41, 5.74) is 5.71. The largest absolute Gasteiger partial charge is 0.344 e. The fraction of sp³-hybridized carbons (Fsp3) is 0.900. The monoisotopic (exact) mass is 197 g/mol. The van der Waals surface area contributed by atoms with Gasteiger partial charge in [0.05, 0.1) is 6.04 Å². The van der Waals surface area contributed by atoms with Crippen molar-refractivity contribution in [2.75, 3.05) is 26.7 Å². The third-order valence-corrected chi connectivity index (χ3v) is 3.49. The first-order valence-corrected chi connectivity index (χ1v) is 5.45. The van der Waals surface area contributed by atoms with Crippen LogP contribution in [0.25, 0.3) is 0 Å². The van der Waals surface area contributed by atoms with Gasteiger partial charge in [-0.25, -0.2) is 0 Å². The Labute approximate surface area is 85.0 Å². The summed E-state index contributed by atoms with van der Waals surface area (Å²) in [6.07, 6.45) is 3.32. The zero-order valence-electron chi connectivity index (χ0n) is 8.78. The van der Waals surface area contributed by atoms with E-state index in [2.05, 4.69) is 4.90 Å². The number of nitrogens with zero attached hydrogens (tertiary/aromatic N) is 2. The number of likely N-dealkylation sites (tertiary alicyclic amines) is 2. The highest BCUT2D eigenvalue weighted by Crippen LogP contribution is 2.24. The first kappa shape index (κ1) is 9.93. The minimum absolute atomic E-state index is 0.121. The summed E-state index contributed by atoms with van der Waals surface area (Å²) in [7, 11) is 1.88. The zero-order valence-corrected chi connectivity index (χ0v) is 8.78. The van der Waals surface area contributed by atoms with E-state index in [9.17, 15) is 4.79 Å². The smallest absolute Gasteiger partial charge is 0.239 e. The van der Waals surface area contributed by atoms with E-state index in [4.69, 9.17) is 5.73 Å². The standard InChI is InChI=1S/C10H19N3O/c1-12-6-4-9(10(12)14)13-5-2-3-8(13)7-11/h8-9H,2-7,11H2,1H3/t8-,9+/m1/s1. The Kier molecular flexibility index (Phi) is 2.74. The predicted octanol–water partition coefficient (Wildman–Crippen LogP) is -0.360. The number of hydrogen-bond donors (Lipinski definition) is 1. The molecular formula is C10H19N3O. The highest BCUT2D eigenvalue weighted by Gasteiger charge is 2.38. The summed E-state index contributed by atoms with van der Waals surface area (Å²) in [6.45, 7) is 2.64. The summed E-state index contributed by atoms with van der Waals surface area (Å²) < 4.78 is 0. The normalized spacial score (nSPS) is 34.4. The Morgan fingerprint density at radius 3 is 2.79 bits per heavy atom. The van der Waals surface area contributed by atoms with Crippen molar-refractivity contribution >= 4 is 5.91 Å². The fourth-order valence-electron chi connectivity index (χ4n) is 2.63. The van der Waals surface area contributed by atoms with E-state index in [1.54, 1.807) is 0 Å². The highest BCUT2D eigenvalue weighted by molar-refractivity contribution is 5.83. The highest BCUT2D eigenvalue weighted by atomic mass is 16.2. The van der Waals surface area contributed by atoms with Gasteiger partial charge in [-0.2, -0.15) is 0 Å². The predicted molar refractivity (Wildman–Crippen MR) is 54.8 cm³/mol. The number of likely N-dealkylation sites (N-methyl/N-ethyl adjacent to an activating group) is 1. The molecule has 0 spiro atoms. The molecule has 0 aromatic heterocycles. The van der Waals surface area contributed by atoms with Gasteiger partial charge in [0, 0.05) is 26.2 Å². The van der Waals surface area contributed by atoms with Crippen molar-refractivity contribution in [1.29, 1.82) is 0 Å². The van der Waals surface area contributed by atoms with Crippen molar-refractivity contribution in [3.63, 3.8) is 0 Å². The van der Waals surface area contributed by atoms with E-state index < -0.39 is 0 Å². The Morgan fingerprint density at radius 1 is 1.43 bits per heavy atom. The van der Waals surface area contributed by atoms with Crippen LogP contribution < -0.4 is 5.73 Å². The van der Waals surface area contributed by atoms with Crippen LogP contribution in [0.3, 0.4) is 0 Å². The Bertz CT molecular complexity index is 231. The van der Waals surface area contributed by atoms with Gasteiger partial charge in [-0.3, -0.25) is 9.69 Å². The lowest BCUT2D eigenvalue weighted by Gasteiger charge is -2.28. The van der Waals surface area contributed by atoms with E-state index >= 15 is 0 Å². The van der Waals surface area contributed by atoms with Gasteiger partial charge in [0.1, 0.15) is 0 Å². The average molecular weight is 197 g/mol. The molecule has 2 saturated heterocycles. The quantitative estimate of drug-likeness (QED) is 0.657. The zero-order chi connectivity index (χ0) is 10.1. The molecule has 2 N–H and O–H groups in total. The van der Waals surface area contributed by atoms with Crippen molar-refractivity contribution in [3.05, 3.63) is 0 Å². The molecule has 2 atom stereocenters. The third-order valence-electron chi connectivity index (χ3n) is 3.49. The summed E-state index contributed by atoms with van der Waals surface area (Å²) in [5.74, 6) is 0.283. The molecule has 80 valence electrons. The van der Waals surface area contributed by atoms with Crippen LogP contribution in [-0.4, -0.2) is 54.5 Å². The van der Waals surface area contributed by atoms with E-state index in [1.807, 2.05) is 11.9 Å². The van der Waals surface area contributed by atoms with Crippen LogP contribution in [0.15, 0.2) is 0 Å². The summed E-state index contributed by atoms with van der Waals surface area (Å²) >= 11 is 0. The van der Waals surface area contributed by atoms with Crippen LogP contribution in [0.2, 0.25) is 0 Å². The molecule has 0 aromatic rings. The van der Waals surface area contributed by atoms with E-state index in [-0.39, 0.29) is 11.9 Å². The van der Waals surface area contributed by atoms with Gasteiger partial charge in [0.15, 0.2) is 0 Å². The van der Waals surface area contributed by atoms with Gasteiger partial charge >= 0.3 is 0 Å². The minimum atomic E-state index is 0.121. The number of hydrogen-bond acceptors (Lipinski definition) is 3. The van der Waals surface area contributed by atoms with Gasteiger partial charge < -0.3 is 10.6 Å². The summed E-state index contributed by atoms with van der Waals surface area (Å²) in [5, 5.41) is 0. The Morgan fingerprint density at radius 2 is 2.21 bits per heavy atom. The van der Waals surface area contributed by atoms with Crippen LogP contribution in [0, 0.1) is 0 Å². The number of amides is 1. The van der Waals surface area contributed by atoms with Crippen LogP contribution in [0.1, 0.15) is 19.3 Å². The molecule has 4 nitrogen and oxygen atoms in total. The molecule has 2 aliphatic rings. The molecule has 0 radical (unpaired) electrons. The summed E-state index contributed by atoms with van der Waals surface area (Å²) in [4.78, 5) is 15.9. The molecule has 2 fully saturated rings. The second kappa shape index (κ2) is 3.87. The van der Waals surface area contributed by atoms with Crippen molar-refractivity contribution in [1.82, 2.24) is 9.80 Å². The van der Waals surface area contributed by atoms with Gasteiger partial charge in [-0.05, 0) is 25.8 Å². The minimum Gasteiger partial charge on any atom is -0.344 e. The number of carbonyl (C=O) groups is 1. The number of nitrogens with two attached hydrogens (primary N) is 1. The third kappa shape index (κ3) is 1.53. The van der Waals surface area contributed by atoms with Crippen molar-refractivity contribution in [3.8, 4) is 0 Å². The Hall–Kier alpha value is -0.610. The van der Waals surface area contributed by atoms with Crippen molar-refractivity contribution in [2.24, 2.45) is 5.73 Å². The van der Waals surface area contributed by atoms with Gasteiger partial charge in [0.2, 0.25) is 5.91 Å². The molecule has 2 rings (SSSR count). The molecule has 2 heterocycles. The molecule has 2 aliphatic heterocycles. The Balaban J connectivity index is 2.04. The maximum atomic E-state index is 11.8. The van der Waals surface area contributed by atoms with E-state index in [0.717, 1.165) is 25.9 Å². The van der Waals surface area contributed by atoms with E-state index in [0.29, 0.717) is 12.6 Å². The first-order valence-electron chi connectivity index (χ1n) is 5.45. The van der Waals surface area contributed by atoms with Crippen LogP contribution in [0.5, 0.6) is 0 Å². The molecule has 0 aromatic carbocycles. The molecule has 0 unspecified atom stereocenters. The van der Waals surface area contributed by atoms with E-state index in [1.165, 1.54) is 6.42 Å². The maximum Gasteiger partial charge on any atom is 0.239 e. The van der Waals surface area contributed by atoms with Gasteiger partial charge in [0.25, 0.3) is 0 Å². The van der Waals surface area contributed by atoms with Gasteiger partial charge in [-0.1, -0.05) is 0 Å². The fourth-order valence-corrected chi connectivity index (χ4v) is 2.63. The molecule has 0 aliphatic carbocycles. The lowest BCUT2D eigenvalue weighted by Crippen LogP contribution is -2.46. The second-order valence-corrected chi connectivity index (χ2v) is 4.33. The first-order chi connectivity index (χ1) is 6.74. The number of rotatable bonds is 2. The topological polar surface area (TPSA) is 49.6 Å².